The Morgan fingerprint density at radius 2 is 2.31 bits per heavy atom. The molecule has 2 nitrogen and oxygen atoms in total. The van der Waals surface area contributed by atoms with Crippen LogP contribution in [0.5, 0.6) is 0 Å². The lowest BCUT2D eigenvalue weighted by atomic mass is 10.1. The van der Waals surface area contributed by atoms with Crippen LogP contribution in [0, 0.1) is 0 Å². The highest BCUT2D eigenvalue weighted by molar-refractivity contribution is 7.13. The monoisotopic (exact) mass is 230 g/mol. The maximum Gasteiger partial charge on any atom is 0.142 e. The molecule has 0 aromatic carbocycles. The van der Waals surface area contributed by atoms with Crippen molar-refractivity contribution >= 4 is 11.3 Å². The lowest BCUT2D eigenvalue weighted by molar-refractivity contribution is 1.04. The van der Waals surface area contributed by atoms with Gasteiger partial charge in [0.2, 0.25) is 0 Å². The third-order valence-corrected chi connectivity index (χ3v) is 3.86. The second kappa shape index (κ2) is 3.98. The summed E-state index contributed by atoms with van der Waals surface area (Å²) >= 11 is 1.73. The Hall–Kier alpha value is -1.22. The molecule has 1 aliphatic rings. The Morgan fingerprint density at radius 1 is 1.44 bits per heavy atom. The summed E-state index contributed by atoms with van der Waals surface area (Å²) < 4.78 is 0. The molecule has 0 N–H and O–H groups in total. The second-order valence-electron chi connectivity index (χ2n) is 4.22. The van der Waals surface area contributed by atoms with Crippen molar-refractivity contribution in [2.75, 3.05) is 0 Å². The standard InChI is InChI=1S/C13H14N2S/c1-2-9-4-3-7-14-12(9)13-15-11(8-16-13)10-5-6-10/h3-4,7-8,10H,2,5-6H2,1H3. The smallest absolute Gasteiger partial charge is 0.142 e. The highest BCUT2D eigenvalue weighted by Crippen LogP contribution is 2.41. The number of aryl methyl sites for hydroxylation is 1. The third kappa shape index (κ3) is 1.76. The molecule has 2 aromatic rings. The Morgan fingerprint density at radius 3 is 3.06 bits per heavy atom. The van der Waals surface area contributed by atoms with E-state index in [9.17, 15) is 0 Å². The molecular weight excluding hydrogens is 216 g/mol. The van der Waals surface area contributed by atoms with Crippen LogP contribution in [-0.2, 0) is 6.42 Å². The molecule has 3 heteroatoms. The van der Waals surface area contributed by atoms with Gasteiger partial charge in [-0.2, -0.15) is 0 Å². The van der Waals surface area contributed by atoms with Gasteiger partial charge in [0.05, 0.1) is 5.69 Å². The lowest BCUT2D eigenvalue weighted by Crippen LogP contribution is -1.90. The molecule has 0 spiro atoms. The van der Waals surface area contributed by atoms with E-state index < -0.39 is 0 Å². The molecule has 0 bridgehead atoms. The summed E-state index contributed by atoms with van der Waals surface area (Å²) in [5, 5.41) is 3.28. The van der Waals surface area contributed by atoms with Gasteiger partial charge in [-0.25, -0.2) is 4.98 Å². The summed E-state index contributed by atoms with van der Waals surface area (Å²) in [6.45, 7) is 2.16. The minimum atomic E-state index is 0.735. The van der Waals surface area contributed by atoms with Crippen molar-refractivity contribution in [3.63, 3.8) is 0 Å². The number of pyridine rings is 1. The number of hydrogen-bond acceptors (Lipinski definition) is 3. The molecule has 82 valence electrons. The SMILES string of the molecule is CCc1cccnc1-c1nc(C2CC2)cs1. The van der Waals surface area contributed by atoms with E-state index in [0.29, 0.717) is 0 Å². The van der Waals surface area contributed by atoms with Gasteiger partial charge in [-0.1, -0.05) is 13.0 Å². The summed E-state index contributed by atoms with van der Waals surface area (Å²) in [5.41, 5.74) is 3.63. The summed E-state index contributed by atoms with van der Waals surface area (Å²) in [7, 11) is 0. The van der Waals surface area contributed by atoms with Crippen molar-refractivity contribution in [2.45, 2.75) is 32.1 Å². The lowest BCUT2D eigenvalue weighted by Gasteiger charge is -2.02. The topological polar surface area (TPSA) is 25.8 Å². The zero-order valence-electron chi connectivity index (χ0n) is 9.31. The van der Waals surface area contributed by atoms with Gasteiger partial charge in [0.1, 0.15) is 10.7 Å². The van der Waals surface area contributed by atoms with Gasteiger partial charge in [-0.3, -0.25) is 4.98 Å². The second-order valence-corrected chi connectivity index (χ2v) is 5.07. The zero-order chi connectivity index (χ0) is 11.0. The average molecular weight is 230 g/mol. The first-order valence-electron chi connectivity index (χ1n) is 5.78. The highest BCUT2D eigenvalue weighted by atomic mass is 32.1. The first kappa shape index (κ1) is 9.97. The minimum Gasteiger partial charge on any atom is -0.253 e. The molecule has 0 aliphatic heterocycles. The Bertz CT molecular complexity index is 500. The molecule has 0 unspecified atom stereocenters. The molecule has 2 heterocycles. The highest BCUT2D eigenvalue weighted by Gasteiger charge is 2.26. The van der Waals surface area contributed by atoms with Gasteiger partial charge in [0.15, 0.2) is 0 Å². The summed E-state index contributed by atoms with van der Waals surface area (Å²) in [6, 6.07) is 4.14. The first-order chi connectivity index (χ1) is 7.88. The van der Waals surface area contributed by atoms with Crippen molar-refractivity contribution in [2.24, 2.45) is 0 Å². The van der Waals surface area contributed by atoms with Gasteiger partial charge in [-0.15, -0.1) is 11.3 Å². The summed E-state index contributed by atoms with van der Waals surface area (Å²) in [4.78, 5) is 9.17. The number of aromatic nitrogens is 2. The van der Waals surface area contributed by atoms with E-state index in [1.807, 2.05) is 12.3 Å². The minimum absolute atomic E-state index is 0.735. The van der Waals surface area contributed by atoms with Crippen molar-refractivity contribution < 1.29 is 0 Å². The van der Waals surface area contributed by atoms with Crippen LogP contribution in [0.3, 0.4) is 0 Å². The predicted molar refractivity (Wildman–Crippen MR) is 66.7 cm³/mol. The molecule has 0 atom stereocenters. The Labute approximate surface area is 99.4 Å². The Balaban J connectivity index is 2.00. The third-order valence-electron chi connectivity index (χ3n) is 2.99. The van der Waals surface area contributed by atoms with Gasteiger partial charge in [-0.05, 0) is 30.9 Å². The first-order valence-corrected chi connectivity index (χ1v) is 6.66. The maximum atomic E-state index is 4.71. The van der Waals surface area contributed by atoms with E-state index in [2.05, 4.69) is 23.4 Å². The van der Waals surface area contributed by atoms with Crippen LogP contribution in [0.25, 0.3) is 10.7 Å². The van der Waals surface area contributed by atoms with Crippen LogP contribution in [-0.4, -0.2) is 9.97 Å². The van der Waals surface area contributed by atoms with Crippen LogP contribution < -0.4 is 0 Å². The predicted octanol–water partition coefficient (Wildman–Crippen LogP) is 3.64. The van der Waals surface area contributed by atoms with Crippen molar-refractivity contribution in [1.82, 2.24) is 9.97 Å². The maximum absolute atomic E-state index is 4.71. The fourth-order valence-corrected chi connectivity index (χ4v) is 2.81. The molecule has 1 saturated carbocycles. The molecule has 0 saturated heterocycles. The molecule has 3 rings (SSSR count). The van der Waals surface area contributed by atoms with Crippen molar-refractivity contribution in [3.05, 3.63) is 35.0 Å². The average Bonchev–Trinajstić information content (AvgIpc) is 3.07. The van der Waals surface area contributed by atoms with E-state index in [1.54, 1.807) is 11.3 Å². The number of thiazole rings is 1. The van der Waals surface area contributed by atoms with Gasteiger partial charge >= 0.3 is 0 Å². The number of rotatable bonds is 3. The van der Waals surface area contributed by atoms with Gasteiger partial charge in [0.25, 0.3) is 0 Å². The molecule has 0 radical (unpaired) electrons. The fraction of sp³-hybridized carbons (Fsp3) is 0.385. The fourth-order valence-electron chi connectivity index (χ4n) is 1.88. The van der Waals surface area contributed by atoms with Crippen LogP contribution in [0.4, 0.5) is 0 Å². The van der Waals surface area contributed by atoms with Gasteiger partial charge in [0, 0.05) is 17.5 Å². The number of nitrogens with zero attached hydrogens (tertiary/aromatic N) is 2. The quantitative estimate of drug-likeness (QED) is 0.804. The largest absolute Gasteiger partial charge is 0.253 e. The molecule has 0 amide bonds. The summed E-state index contributed by atoms with van der Waals surface area (Å²) in [6.07, 6.45) is 5.49. The Kier molecular flexibility index (Phi) is 2.48. The molecular formula is C13H14N2S. The van der Waals surface area contributed by atoms with Crippen molar-refractivity contribution in [3.8, 4) is 10.7 Å². The molecule has 16 heavy (non-hydrogen) atoms. The van der Waals surface area contributed by atoms with E-state index in [1.165, 1.54) is 24.1 Å². The van der Waals surface area contributed by atoms with E-state index in [4.69, 9.17) is 4.98 Å². The number of hydrogen-bond donors (Lipinski definition) is 0. The van der Waals surface area contributed by atoms with E-state index in [0.717, 1.165) is 23.0 Å². The van der Waals surface area contributed by atoms with Gasteiger partial charge < -0.3 is 0 Å². The van der Waals surface area contributed by atoms with Crippen LogP contribution in [0.1, 0.15) is 36.9 Å². The van der Waals surface area contributed by atoms with E-state index in [-0.39, 0.29) is 0 Å². The molecule has 1 fully saturated rings. The normalized spacial score (nSPS) is 15.3. The van der Waals surface area contributed by atoms with E-state index >= 15 is 0 Å². The summed E-state index contributed by atoms with van der Waals surface area (Å²) in [5.74, 6) is 0.735. The van der Waals surface area contributed by atoms with Crippen LogP contribution in [0.15, 0.2) is 23.7 Å². The molecule has 1 aliphatic carbocycles. The van der Waals surface area contributed by atoms with Crippen LogP contribution >= 0.6 is 11.3 Å². The van der Waals surface area contributed by atoms with Crippen LogP contribution in [0.2, 0.25) is 0 Å². The zero-order valence-corrected chi connectivity index (χ0v) is 10.1. The molecule has 2 aromatic heterocycles. The van der Waals surface area contributed by atoms with Crippen molar-refractivity contribution in [1.29, 1.82) is 0 Å².